The molecule has 1 aliphatic rings. The third-order valence-electron chi connectivity index (χ3n) is 5.13. The van der Waals surface area contributed by atoms with Gasteiger partial charge in [0.25, 0.3) is 11.8 Å². The molecule has 1 aliphatic heterocycles. The molecule has 7 heteroatoms. The molecule has 1 fully saturated rings. The summed E-state index contributed by atoms with van der Waals surface area (Å²) < 4.78 is 5.61. The third-order valence-corrected chi connectivity index (χ3v) is 5.13. The van der Waals surface area contributed by atoms with Crippen molar-refractivity contribution in [1.82, 2.24) is 10.2 Å². The number of ether oxygens (including phenoxy) is 1. The van der Waals surface area contributed by atoms with Gasteiger partial charge < -0.3 is 20.1 Å². The van der Waals surface area contributed by atoms with Crippen LogP contribution >= 0.6 is 0 Å². The Kier molecular flexibility index (Phi) is 7.84. The summed E-state index contributed by atoms with van der Waals surface area (Å²) >= 11 is 0. The van der Waals surface area contributed by atoms with E-state index in [0.717, 1.165) is 19.3 Å². The number of hydrogen-bond donors (Lipinski definition) is 2. The Morgan fingerprint density at radius 3 is 2.36 bits per heavy atom. The zero-order chi connectivity index (χ0) is 20.7. The molecule has 154 valence electrons. The van der Waals surface area contributed by atoms with Gasteiger partial charge in [0.15, 0.2) is 6.61 Å². The number of piperidine rings is 1. The van der Waals surface area contributed by atoms with Crippen LogP contribution in [0.1, 0.15) is 63.2 Å². The molecular weight excluding hydrogens is 360 g/mol. The van der Waals surface area contributed by atoms with E-state index in [-0.39, 0.29) is 43.0 Å². The van der Waals surface area contributed by atoms with E-state index in [1.807, 2.05) is 4.90 Å². The fraction of sp³-hybridized carbons (Fsp3) is 0.571. The predicted octanol–water partition coefficient (Wildman–Crippen LogP) is 2.84. The molecule has 0 radical (unpaired) electrons. The summed E-state index contributed by atoms with van der Waals surface area (Å²) in [6.45, 7) is 5.88. The van der Waals surface area contributed by atoms with Gasteiger partial charge in [-0.1, -0.05) is 0 Å². The molecule has 2 N–H and O–H groups in total. The summed E-state index contributed by atoms with van der Waals surface area (Å²) in [6.07, 6.45) is 3.56. The van der Waals surface area contributed by atoms with Crippen LogP contribution in [-0.2, 0) is 9.59 Å². The van der Waals surface area contributed by atoms with Crippen LogP contribution in [0.3, 0.4) is 0 Å². The predicted molar refractivity (Wildman–Crippen MR) is 105 cm³/mol. The van der Waals surface area contributed by atoms with E-state index < -0.39 is 5.97 Å². The molecule has 1 aromatic rings. The number of benzene rings is 1. The first-order valence-corrected chi connectivity index (χ1v) is 9.84. The van der Waals surface area contributed by atoms with Crippen molar-refractivity contribution in [3.8, 4) is 5.75 Å². The molecule has 1 aromatic carbocycles. The van der Waals surface area contributed by atoms with Crippen LogP contribution in [0.4, 0.5) is 0 Å². The Balaban J connectivity index is 1.84. The van der Waals surface area contributed by atoms with Crippen LogP contribution in [0.2, 0.25) is 0 Å². The van der Waals surface area contributed by atoms with Crippen LogP contribution in [0, 0.1) is 0 Å². The lowest BCUT2D eigenvalue weighted by Gasteiger charge is -2.38. The molecule has 0 spiro atoms. The van der Waals surface area contributed by atoms with Crippen molar-refractivity contribution >= 4 is 17.8 Å². The number of rotatable bonds is 8. The van der Waals surface area contributed by atoms with Crippen LogP contribution in [0.25, 0.3) is 0 Å². The maximum Gasteiger partial charge on any atom is 0.303 e. The third kappa shape index (κ3) is 6.25. The van der Waals surface area contributed by atoms with E-state index in [4.69, 9.17) is 9.84 Å². The van der Waals surface area contributed by atoms with Crippen LogP contribution in [0.15, 0.2) is 24.3 Å². The van der Waals surface area contributed by atoms with Crippen LogP contribution in [0.5, 0.6) is 5.75 Å². The van der Waals surface area contributed by atoms with Crippen molar-refractivity contribution in [2.75, 3.05) is 6.61 Å². The van der Waals surface area contributed by atoms with E-state index in [2.05, 4.69) is 19.2 Å². The standard InChI is InChI=1S/C21H30N2O5/c1-14(7-12-20(25)26)22-21(27)17-8-10-18(11-9-17)28-13-19(24)23-15(2)5-4-6-16(23)3/h8-11,14-16H,4-7,12-13H2,1-3H3,(H,22,27)(H,25,26). The summed E-state index contributed by atoms with van der Waals surface area (Å²) in [5, 5.41) is 11.5. The lowest BCUT2D eigenvalue weighted by Crippen LogP contribution is -2.49. The largest absolute Gasteiger partial charge is 0.484 e. The van der Waals surface area contributed by atoms with Gasteiger partial charge >= 0.3 is 5.97 Å². The second-order valence-corrected chi connectivity index (χ2v) is 7.55. The summed E-state index contributed by atoms with van der Waals surface area (Å²) in [7, 11) is 0. The monoisotopic (exact) mass is 390 g/mol. The first-order chi connectivity index (χ1) is 13.3. The topological polar surface area (TPSA) is 95.9 Å². The summed E-state index contributed by atoms with van der Waals surface area (Å²) in [6, 6.07) is 6.81. The maximum absolute atomic E-state index is 12.5. The molecule has 0 aromatic heterocycles. The SMILES string of the molecule is CC(CCC(=O)O)NC(=O)c1ccc(OCC(=O)N2C(C)CCCC2C)cc1. The highest BCUT2D eigenvalue weighted by Crippen LogP contribution is 2.23. The van der Waals surface area contributed by atoms with Gasteiger partial charge in [0.1, 0.15) is 5.75 Å². The molecule has 1 heterocycles. The van der Waals surface area contributed by atoms with Crippen molar-refractivity contribution in [3.63, 3.8) is 0 Å². The molecule has 0 bridgehead atoms. The Morgan fingerprint density at radius 1 is 1.18 bits per heavy atom. The van der Waals surface area contributed by atoms with E-state index in [9.17, 15) is 14.4 Å². The highest BCUT2D eigenvalue weighted by atomic mass is 16.5. The lowest BCUT2D eigenvalue weighted by atomic mass is 9.97. The Bertz CT molecular complexity index is 679. The van der Waals surface area contributed by atoms with Crippen LogP contribution in [-0.4, -0.2) is 52.5 Å². The molecule has 1 saturated heterocycles. The Hall–Kier alpha value is -2.57. The van der Waals surface area contributed by atoms with E-state index in [1.54, 1.807) is 31.2 Å². The zero-order valence-electron chi connectivity index (χ0n) is 16.8. The number of amides is 2. The van der Waals surface area contributed by atoms with Gasteiger partial charge in [-0.05, 0) is 70.7 Å². The maximum atomic E-state index is 12.5. The molecule has 3 unspecified atom stereocenters. The van der Waals surface area contributed by atoms with Gasteiger partial charge in [-0.15, -0.1) is 0 Å². The Morgan fingerprint density at radius 2 is 1.79 bits per heavy atom. The first kappa shape index (κ1) is 21.7. The number of aliphatic carboxylic acids is 1. The minimum atomic E-state index is -0.884. The van der Waals surface area contributed by atoms with Crippen LogP contribution < -0.4 is 10.1 Å². The number of carboxylic acids is 1. The number of likely N-dealkylation sites (tertiary alicyclic amines) is 1. The molecule has 2 amide bonds. The molecule has 0 aliphatic carbocycles. The van der Waals surface area contributed by atoms with Gasteiger partial charge in [0.2, 0.25) is 0 Å². The number of carbonyl (C=O) groups is 3. The number of hydrogen-bond acceptors (Lipinski definition) is 4. The van der Waals surface area contributed by atoms with Crippen molar-refractivity contribution in [3.05, 3.63) is 29.8 Å². The minimum Gasteiger partial charge on any atom is -0.484 e. The average Bonchev–Trinajstić information content (AvgIpc) is 2.65. The number of nitrogens with zero attached hydrogens (tertiary/aromatic N) is 1. The highest BCUT2D eigenvalue weighted by Gasteiger charge is 2.28. The van der Waals surface area contributed by atoms with Gasteiger partial charge in [-0.25, -0.2) is 0 Å². The summed E-state index contributed by atoms with van der Waals surface area (Å²) in [5.74, 6) is -0.642. The summed E-state index contributed by atoms with van der Waals surface area (Å²) in [5.41, 5.74) is 0.458. The first-order valence-electron chi connectivity index (χ1n) is 9.84. The number of carboxylic acid groups (broad SMARTS) is 1. The van der Waals surface area contributed by atoms with Crippen molar-refractivity contribution in [1.29, 1.82) is 0 Å². The molecule has 3 atom stereocenters. The molecule has 7 nitrogen and oxygen atoms in total. The van der Waals surface area contributed by atoms with Gasteiger partial charge in [-0.2, -0.15) is 0 Å². The molecule has 0 saturated carbocycles. The molecule has 28 heavy (non-hydrogen) atoms. The fourth-order valence-corrected chi connectivity index (χ4v) is 3.55. The summed E-state index contributed by atoms with van der Waals surface area (Å²) in [4.78, 5) is 37.2. The van der Waals surface area contributed by atoms with Gasteiger partial charge in [0, 0.05) is 30.1 Å². The Labute approximate surface area is 166 Å². The highest BCUT2D eigenvalue weighted by molar-refractivity contribution is 5.94. The second-order valence-electron chi connectivity index (χ2n) is 7.55. The fourth-order valence-electron chi connectivity index (χ4n) is 3.55. The quantitative estimate of drug-likeness (QED) is 0.712. The van der Waals surface area contributed by atoms with E-state index >= 15 is 0 Å². The molecule has 2 rings (SSSR count). The van der Waals surface area contributed by atoms with Gasteiger partial charge in [0.05, 0.1) is 0 Å². The van der Waals surface area contributed by atoms with E-state index in [0.29, 0.717) is 17.7 Å². The minimum absolute atomic E-state index is 0.0104. The number of carbonyl (C=O) groups excluding carboxylic acids is 2. The van der Waals surface area contributed by atoms with E-state index in [1.165, 1.54) is 0 Å². The van der Waals surface area contributed by atoms with Crippen molar-refractivity contribution < 1.29 is 24.2 Å². The smallest absolute Gasteiger partial charge is 0.303 e. The zero-order valence-corrected chi connectivity index (χ0v) is 16.8. The van der Waals surface area contributed by atoms with Gasteiger partial charge in [-0.3, -0.25) is 14.4 Å². The second kappa shape index (κ2) is 10.1. The normalized spacial score (nSPS) is 20.3. The number of nitrogens with one attached hydrogen (secondary N) is 1. The molecular formula is C21H30N2O5. The lowest BCUT2D eigenvalue weighted by molar-refractivity contribution is -0.139. The average molecular weight is 390 g/mol. The van der Waals surface area contributed by atoms with Crippen molar-refractivity contribution in [2.45, 2.75) is 71.0 Å². The van der Waals surface area contributed by atoms with Crippen molar-refractivity contribution in [2.24, 2.45) is 0 Å².